The van der Waals surface area contributed by atoms with Gasteiger partial charge in [0.15, 0.2) is 0 Å². The smallest absolute Gasteiger partial charge is 0.223 e. The first kappa shape index (κ1) is 15.1. The third-order valence-electron chi connectivity index (χ3n) is 4.98. The molecule has 0 unspecified atom stereocenters. The van der Waals surface area contributed by atoms with Crippen LogP contribution in [0.15, 0.2) is 18.7 Å². The molecule has 6 nitrogen and oxygen atoms in total. The Morgan fingerprint density at radius 2 is 2.05 bits per heavy atom. The molecule has 0 radical (unpaired) electrons. The number of carbonyl (C=O) groups is 2. The van der Waals surface area contributed by atoms with Gasteiger partial charge in [-0.3, -0.25) is 9.59 Å². The van der Waals surface area contributed by atoms with Gasteiger partial charge >= 0.3 is 0 Å². The fraction of sp³-hybridized carbons (Fsp3) is 0.688. The lowest BCUT2D eigenvalue weighted by Crippen LogP contribution is -2.43. The van der Waals surface area contributed by atoms with Gasteiger partial charge in [0.05, 0.1) is 6.33 Å². The van der Waals surface area contributed by atoms with E-state index in [1.807, 2.05) is 17.4 Å². The molecule has 0 aromatic carbocycles. The lowest BCUT2D eigenvalue weighted by Gasteiger charge is -2.31. The molecular weight excluding hydrogens is 280 g/mol. The summed E-state index contributed by atoms with van der Waals surface area (Å²) in [5, 5.41) is 3.14. The van der Waals surface area contributed by atoms with Crippen molar-refractivity contribution in [3.8, 4) is 0 Å². The second-order valence-corrected chi connectivity index (χ2v) is 6.73. The summed E-state index contributed by atoms with van der Waals surface area (Å²) < 4.78 is 2.09. The minimum atomic E-state index is 0.0552. The molecule has 1 aliphatic heterocycles. The summed E-state index contributed by atoms with van der Waals surface area (Å²) in [5.41, 5.74) is 0.219. The third-order valence-corrected chi connectivity index (χ3v) is 4.98. The van der Waals surface area contributed by atoms with Crippen LogP contribution in [0.5, 0.6) is 0 Å². The van der Waals surface area contributed by atoms with Crippen molar-refractivity contribution >= 4 is 11.8 Å². The summed E-state index contributed by atoms with van der Waals surface area (Å²) >= 11 is 0. The zero-order chi connectivity index (χ0) is 15.6. The number of nitrogens with one attached hydrogen (secondary N) is 1. The maximum Gasteiger partial charge on any atom is 0.223 e. The van der Waals surface area contributed by atoms with Crippen LogP contribution in [-0.2, 0) is 16.1 Å². The number of rotatable bonds is 5. The molecule has 2 amide bonds. The van der Waals surface area contributed by atoms with Gasteiger partial charge in [-0.25, -0.2) is 4.98 Å². The van der Waals surface area contributed by atoms with Gasteiger partial charge in [-0.05, 0) is 25.7 Å². The van der Waals surface area contributed by atoms with Gasteiger partial charge in [-0.15, -0.1) is 0 Å². The molecule has 1 saturated heterocycles. The van der Waals surface area contributed by atoms with E-state index < -0.39 is 0 Å². The van der Waals surface area contributed by atoms with Crippen LogP contribution in [0.1, 0.15) is 32.6 Å². The van der Waals surface area contributed by atoms with Crippen molar-refractivity contribution < 1.29 is 9.59 Å². The number of carbonyl (C=O) groups excluding carboxylic acids is 2. The zero-order valence-corrected chi connectivity index (χ0v) is 13.1. The Morgan fingerprint density at radius 3 is 2.59 bits per heavy atom. The van der Waals surface area contributed by atoms with Crippen molar-refractivity contribution in [2.45, 2.75) is 39.2 Å². The van der Waals surface area contributed by atoms with Gasteiger partial charge in [-0.2, -0.15) is 0 Å². The standard InChI is InChI=1S/C16H24N4O2/c1-13(21)20-7-2-14(3-8-20)15(22)18-10-16(4-5-16)11-19-9-6-17-12-19/h6,9,12,14H,2-5,7-8,10-11H2,1H3,(H,18,22). The van der Waals surface area contributed by atoms with Crippen LogP contribution in [0, 0.1) is 11.3 Å². The van der Waals surface area contributed by atoms with Crippen molar-refractivity contribution in [3.05, 3.63) is 18.7 Å². The summed E-state index contributed by atoms with van der Waals surface area (Å²) in [5.74, 6) is 0.316. The number of hydrogen-bond donors (Lipinski definition) is 1. The molecule has 1 aromatic rings. The molecule has 1 N–H and O–H groups in total. The predicted octanol–water partition coefficient (Wildman–Crippen LogP) is 1.04. The Balaban J connectivity index is 1.44. The topological polar surface area (TPSA) is 67.2 Å². The number of likely N-dealkylation sites (tertiary alicyclic amines) is 1. The van der Waals surface area contributed by atoms with Gasteiger partial charge in [-0.1, -0.05) is 0 Å². The Kier molecular flexibility index (Phi) is 4.18. The van der Waals surface area contributed by atoms with E-state index >= 15 is 0 Å². The summed E-state index contributed by atoms with van der Waals surface area (Å²) in [6.45, 7) is 4.67. The molecule has 0 atom stereocenters. The highest BCUT2D eigenvalue weighted by Crippen LogP contribution is 2.46. The molecule has 1 aliphatic carbocycles. The second kappa shape index (κ2) is 6.10. The first-order valence-electron chi connectivity index (χ1n) is 8.07. The minimum absolute atomic E-state index is 0.0552. The number of piperidine rings is 1. The minimum Gasteiger partial charge on any atom is -0.355 e. The third kappa shape index (κ3) is 3.48. The molecule has 120 valence electrons. The Labute approximate surface area is 130 Å². The van der Waals surface area contributed by atoms with Crippen LogP contribution < -0.4 is 5.32 Å². The van der Waals surface area contributed by atoms with Gasteiger partial charge in [0.2, 0.25) is 11.8 Å². The monoisotopic (exact) mass is 304 g/mol. The first-order chi connectivity index (χ1) is 10.6. The number of hydrogen-bond acceptors (Lipinski definition) is 3. The number of imidazole rings is 1. The maximum absolute atomic E-state index is 12.3. The fourth-order valence-electron chi connectivity index (χ4n) is 3.21. The van der Waals surface area contributed by atoms with E-state index in [1.54, 1.807) is 13.1 Å². The molecule has 2 heterocycles. The van der Waals surface area contributed by atoms with Crippen molar-refractivity contribution in [1.82, 2.24) is 19.8 Å². The van der Waals surface area contributed by atoms with Crippen LogP contribution in [0.3, 0.4) is 0 Å². The number of amides is 2. The average Bonchev–Trinajstić information content (AvgIpc) is 3.09. The molecule has 1 aromatic heterocycles. The summed E-state index contributed by atoms with van der Waals surface area (Å²) in [4.78, 5) is 29.5. The van der Waals surface area contributed by atoms with Crippen molar-refractivity contribution in [3.63, 3.8) is 0 Å². The molecule has 3 rings (SSSR count). The van der Waals surface area contributed by atoms with E-state index in [1.165, 1.54) is 0 Å². The first-order valence-corrected chi connectivity index (χ1v) is 8.07. The summed E-state index contributed by atoms with van der Waals surface area (Å²) in [6.07, 6.45) is 9.47. The van der Waals surface area contributed by atoms with E-state index in [0.29, 0.717) is 13.1 Å². The van der Waals surface area contributed by atoms with E-state index in [4.69, 9.17) is 0 Å². The molecule has 6 heteroatoms. The van der Waals surface area contributed by atoms with Crippen molar-refractivity contribution in [2.75, 3.05) is 19.6 Å². The largest absolute Gasteiger partial charge is 0.355 e. The van der Waals surface area contributed by atoms with E-state index in [-0.39, 0.29) is 23.1 Å². The Hall–Kier alpha value is -1.85. The zero-order valence-electron chi connectivity index (χ0n) is 13.1. The average molecular weight is 304 g/mol. The molecule has 2 aliphatic rings. The second-order valence-electron chi connectivity index (χ2n) is 6.73. The van der Waals surface area contributed by atoms with Gasteiger partial charge < -0.3 is 14.8 Å². The van der Waals surface area contributed by atoms with Crippen LogP contribution >= 0.6 is 0 Å². The number of aromatic nitrogens is 2. The normalized spacial score (nSPS) is 20.7. The van der Waals surface area contributed by atoms with Gasteiger partial charge in [0, 0.05) is 56.8 Å². The highest BCUT2D eigenvalue weighted by atomic mass is 16.2. The van der Waals surface area contributed by atoms with Crippen LogP contribution in [-0.4, -0.2) is 45.9 Å². The molecule has 0 spiro atoms. The van der Waals surface area contributed by atoms with Gasteiger partial charge in [0.25, 0.3) is 0 Å². The molecule has 0 bridgehead atoms. The van der Waals surface area contributed by atoms with E-state index in [0.717, 1.165) is 38.8 Å². The summed E-state index contributed by atoms with van der Waals surface area (Å²) in [7, 11) is 0. The van der Waals surface area contributed by atoms with Gasteiger partial charge in [0.1, 0.15) is 0 Å². The molecule has 2 fully saturated rings. The fourth-order valence-corrected chi connectivity index (χ4v) is 3.21. The lowest BCUT2D eigenvalue weighted by atomic mass is 9.95. The van der Waals surface area contributed by atoms with Crippen molar-refractivity contribution in [2.24, 2.45) is 11.3 Å². The molecular formula is C16H24N4O2. The van der Waals surface area contributed by atoms with Crippen LogP contribution in [0.4, 0.5) is 0 Å². The quantitative estimate of drug-likeness (QED) is 0.884. The Bertz CT molecular complexity index is 528. The Morgan fingerprint density at radius 1 is 1.32 bits per heavy atom. The lowest BCUT2D eigenvalue weighted by molar-refractivity contribution is -0.134. The predicted molar refractivity (Wildman–Crippen MR) is 81.9 cm³/mol. The number of nitrogens with zero attached hydrogens (tertiary/aromatic N) is 3. The van der Waals surface area contributed by atoms with Crippen molar-refractivity contribution in [1.29, 1.82) is 0 Å². The van der Waals surface area contributed by atoms with E-state index in [9.17, 15) is 9.59 Å². The summed E-state index contributed by atoms with van der Waals surface area (Å²) in [6, 6.07) is 0. The van der Waals surface area contributed by atoms with Crippen LogP contribution in [0.25, 0.3) is 0 Å². The van der Waals surface area contributed by atoms with E-state index in [2.05, 4.69) is 14.9 Å². The SMILES string of the molecule is CC(=O)N1CCC(C(=O)NCC2(Cn3ccnc3)CC2)CC1. The highest BCUT2D eigenvalue weighted by molar-refractivity contribution is 5.79. The highest BCUT2D eigenvalue weighted by Gasteiger charge is 2.43. The van der Waals surface area contributed by atoms with Crippen LogP contribution in [0.2, 0.25) is 0 Å². The molecule has 22 heavy (non-hydrogen) atoms. The molecule has 1 saturated carbocycles. The maximum atomic E-state index is 12.3.